The number of halogens is 2. The number of aryl methyl sites for hydroxylation is 2. The van der Waals surface area contributed by atoms with Gasteiger partial charge in [-0.1, -0.05) is 53.2 Å². The molecule has 0 amide bonds. The second kappa shape index (κ2) is 9.36. The average Bonchev–Trinajstić information content (AvgIpc) is 3.10. The Bertz CT molecular complexity index is 1380. The first-order chi connectivity index (χ1) is 15.3. The molecule has 4 aromatic rings. The summed E-state index contributed by atoms with van der Waals surface area (Å²) >= 11 is 13.8. The Hall–Kier alpha value is -2.81. The fraction of sp³-hybridized carbons (Fsp3) is 0.182. The minimum Gasteiger partial charge on any atom is -0.311 e. The second-order valence-electron chi connectivity index (χ2n) is 7.34. The number of benzene rings is 2. The molecule has 0 saturated carbocycles. The Labute approximate surface area is 197 Å². The minimum atomic E-state index is -0.558. The molecule has 0 fully saturated rings. The van der Waals surface area contributed by atoms with Gasteiger partial charge in [0, 0.05) is 34.0 Å². The molecule has 10 heteroatoms. The van der Waals surface area contributed by atoms with Crippen molar-refractivity contribution in [2.24, 2.45) is 0 Å². The molecule has 2 heterocycles. The number of H-pyrrole nitrogens is 2. The first kappa shape index (κ1) is 22.4. The molecule has 32 heavy (non-hydrogen) atoms. The molecule has 4 rings (SSSR count). The first-order valence-electron chi connectivity index (χ1n) is 9.71. The number of hydrogen-bond acceptors (Lipinski definition) is 5. The molecule has 0 aliphatic rings. The third kappa shape index (κ3) is 4.98. The van der Waals surface area contributed by atoms with Gasteiger partial charge in [0.1, 0.15) is 5.82 Å². The normalized spacial score (nSPS) is 11.1. The van der Waals surface area contributed by atoms with Crippen LogP contribution in [0.3, 0.4) is 0 Å². The number of nitrogens with zero attached hydrogens (tertiary/aromatic N) is 3. The van der Waals surface area contributed by atoms with E-state index >= 15 is 0 Å². The average molecular weight is 488 g/mol. The fourth-order valence-electron chi connectivity index (χ4n) is 3.28. The van der Waals surface area contributed by atoms with Crippen LogP contribution in [0.1, 0.15) is 28.2 Å². The molecule has 0 spiro atoms. The SMILES string of the molecule is Cc1ccc(C)c(-n2c(Cc3cc(=O)[nH]c(=O)[nH]3)nnc2SCc2ccc(Cl)cc2Cl)c1. The maximum atomic E-state index is 11.7. The highest BCUT2D eigenvalue weighted by atomic mass is 35.5. The van der Waals surface area contributed by atoms with Gasteiger partial charge in [-0.25, -0.2) is 4.79 Å². The Morgan fingerprint density at radius 3 is 2.56 bits per heavy atom. The number of hydrogen-bond donors (Lipinski definition) is 2. The van der Waals surface area contributed by atoms with Crippen LogP contribution in [0.15, 0.2) is 57.2 Å². The van der Waals surface area contributed by atoms with Crippen LogP contribution in [0.25, 0.3) is 5.69 Å². The van der Waals surface area contributed by atoms with E-state index < -0.39 is 11.2 Å². The summed E-state index contributed by atoms with van der Waals surface area (Å²) in [6, 6.07) is 12.9. The quantitative estimate of drug-likeness (QED) is 0.391. The zero-order chi connectivity index (χ0) is 22.8. The third-order valence-corrected chi connectivity index (χ3v) is 6.41. The van der Waals surface area contributed by atoms with Crippen molar-refractivity contribution in [3.63, 3.8) is 0 Å². The van der Waals surface area contributed by atoms with Gasteiger partial charge >= 0.3 is 5.69 Å². The van der Waals surface area contributed by atoms with Gasteiger partial charge in [-0.2, -0.15) is 0 Å². The molecule has 0 unspecified atom stereocenters. The van der Waals surface area contributed by atoms with Gasteiger partial charge in [-0.05, 0) is 48.7 Å². The topological polar surface area (TPSA) is 96.4 Å². The summed E-state index contributed by atoms with van der Waals surface area (Å²) in [5, 5.41) is 10.6. The lowest BCUT2D eigenvalue weighted by atomic mass is 10.1. The summed E-state index contributed by atoms with van der Waals surface area (Å²) in [7, 11) is 0. The van der Waals surface area contributed by atoms with Crippen molar-refractivity contribution in [2.75, 3.05) is 0 Å². The van der Waals surface area contributed by atoms with Gasteiger partial charge in [0.25, 0.3) is 5.56 Å². The monoisotopic (exact) mass is 487 g/mol. The third-order valence-electron chi connectivity index (χ3n) is 4.84. The van der Waals surface area contributed by atoms with Gasteiger partial charge in [-0.3, -0.25) is 14.3 Å². The van der Waals surface area contributed by atoms with Crippen LogP contribution in [0.5, 0.6) is 0 Å². The number of rotatable bonds is 6. The van der Waals surface area contributed by atoms with Crippen molar-refractivity contribution in [1.29, 1.82) is 0 Å². The van der Waals surface area contributed by atoms with Gasteiger partial charge in [0.05, 0.1) is 5.69 Å². The van der Waals surface area contributed by atoms with Gasteiger partial charge in [0.15, 0.2) is 5.16 Å². The molecule has 2 N–H and O–H groups in total. The van der Waals surface area contributed by atoms with E-state index in [0.29, 0.717) is 32.5 Å². The van der Waals surface area contributed by atoms with E-state index in [0.717, 1.165) is 22.4 Å². The highest BCUT2D eigenvalue weighted by molar-refractivity contribution is 7.98. The summed E-state index contributed by atoms with van der Waals surface area (Å²) in [5.41, 5.74) is 3.42. The van der Waals surface area contributed by atoms with E-state index in [-0.39, 0.29) is 6.42 Å². The summed E-state index contributed by atoms with van der Waals surface area (Å²) in [4.78, 5) is 28.3. The molecule has 164 valence electrons. The molecule has 0 aliphatic heterocycles. The molecule has 0 saturated heterocycles. The summed E-state index contributed by atoms with van der Waals surface area (Å²) < 4.78 is 1.95. The molecule has 0 atom stereocenters. The second-order valence-corrected chi connectivity index (χ2v) is 9.12. The van der Waals surface area contributed by atoms with E-state index in [4.69, 9.17) is 23.2 Å². The zero-order valence-corrected chi connectivity index (χ0v) is 19.6. The molecule has 0 aliphatic carbocycles. The van der Waals surface area contributed by atoms with Crippen molar-refractivity contribution >= 4 is 35.0 Å². The summed E-state index contributed by atoms with van der Waals surface area (Å²) in [5.74, 6) is 1.17. The van der Waals surface area contributed by atoms with Crippen molar-refractivity contribution in [2.45, 2.75) is 31.2 Å². The van der Waals surface area contributed by atoms with Crippen molar-refractivity contribution in [3.05, 3.63) is 102 Å². The first-order valence-corrected chi connectivity index (χ1v) is 11.5. The van der Waals surface area contributed by atoms with Crippen LogP contribution in [-0.4, -0.2) is 24.7 Å². The molecule has 2 aromatic carbocycles. The van der Waals surface area contributed by atoms with E-state index in [9.17, 15) is 9.59 Å². The van der Waals surface area contributed by atoms with Gasteiger partial charge in [0.2, 0.25) is 0 Å². The molecule has 2 aromatic heterocycles. The Balaban J connectivity index is 1.75. The molecular formula is C22H19Cl2N5O2S. The zero-order valence-electron chi connectivity index (χ0n) is 17.3. The maximum Gasteiger partial charge on any atom is 0.325 e. The van der Waals surface area contributed by atoms with E-state index in [1.807, 2.05) is 36.6 Å². The number of aromatic amines is 2. The molecular weight excluding hydrogens is 469 g/mol. The Kier molecular flexibility index (Phi) is 6.55. The standard InChI is InChI=1S/C22H19Cl2N5O2S/c1-12-3-4-13(2)18(7-12)29-19(9-16-10-20(30)26-21(31)25-16)27-28-22(29)32-11-14-5-6-15(23)8-17(14)24/h3-8,10H,9,11H2,1-2H3,(H2,25,26,30,31). The highest BCUT2D eigenvalue weighted by Gasteiger charge is 2.18. The molecule has 0 bridgehead atoms. The van der Waals surface area contributed by atoms with E-state index in [1.54, 1.807) is 12.1 Å². The fourth-order valence-corrected chi connectivity index (χ4v) is 4.80. The lowest BCUT2D eigenvalue weighted by molar-refractivity contribution is 0.823. The van der Waals surface area contributed by atoms with E-state index in [1.165, 1.54) is 17.8 Å². The number of aromatic nitrogens is 5. The lowest BCUT2D eigenvalue weighted by Crippen LogP contribution is -2.23. The van der Waals surface area contributed by atoms with Gasteiger partial charge in [-0.15, -0.1) is 10.2 Å². The largest absolute Gasteiger partial charge is 0.325 e. The van der Waals surface area contributed by atoms with Crippen LogP contribution >= 0.6 is 35.0 Å². The summed E-state index contributed by atoms with van der Waals surface area (Å²) in [6.45, 7) is 4.03. The predicted octanol–water partition coefficient (Wildman–Crippen LogP) is 4.45. The summed E-state index contributed by atoms with van der Waals surface area (Å²) in [6.07, 6.45) is 0.238. The highest BCUT2D eigenvalue weighted by Crippen LogP contribution is 2.31. The number of thioether (sulfide) groups is 1. The lowest BCUT2D eigenvalue weighted by Gasteiger charge is -2.14. The van der Waals surface area contributed by atoms with Crippen LogP contribution in [-0.2, 0) is 12.2 Å². The minimum absolute atomic E-state index is 0.238. The van der Waals surface area contributed by atoms with Crippen LogP contribution < -0.4 is 11.2 Å². The van der Waals surface area contributed by atoms with Crippen molar-refractivity contribution in [3.8, 4) is 5.69 Å². The maximum absolute atomic E-state index is 11.7. The van der Waals surface area contributed by atoms with E-state index in [2.05, 4.69) is 26.2 Å². The van der Waals surface area contributed by atoms with Crippen molar-refractivity contribution in [1.82, 2.24) is 24.7 Å². The Morgan fingerprint density at radius 1 is 1.00 bits per heavy atom. The van der Waals surface area contributed by atoms with Crippen LogP contribution in [0, 0.1) is 13.8 Å². The van der Waals surface area contributed by atoms with Crippen LogP contribution in [0.4, 0.5) is 0 Å². The Morgan fingerprint density at radius 2 is 1.81 bits per heavy atom. The van der Waals surface area contributed by atoms with Crippen LogP contribution in [0.2, 0.25) is 10.0 Å². The molecule has 0 radical (unpaired) electrons. The predicted molar refractivity (Wildman–Crippen MR) is 127 cm³/mol. The van der Waals surface area contributed by atoms with Gasteiger partial charge < -0.3 is 4.98 Å². The van der Waals surface area contributed by atoms with Crippen molar-refractivity contribution < 1.29 is 0 Å². The smallest absolute Gasteiger partial charge is 0.311 e. The number of nitrogens with one attached hydrogen (secondary N) is 2. The molecule has 7 nitrogen and oxygen atoms in total.